The highest BCUT2D eigenvalue weighted by molar-refractivity contribution is 6.35. The number of anilines is 1. The Hall–Kier alpha value is -3.99. The van der Waals surface area contributed by atoms with E-state index in [1.807, 2.05) is 11.4 Å². The van der Waals surface area contributed by atoms with Crippen LogP contribution in [0.1, 0.15) is 64.2 Å². The van der Waals surface area contributed by atoms with Crippen molar-refractivity contribution in [2.45, 2.75) is 82.5 Å². The zero-order valence-electron chi connectivity index (χ0n) is 24.7. The Balaban J connectivity index is 0.000000256. The fraction of sp³-hybridized carbons (Fsp3) is 0.536. The lowest BCUT2D eigenvalue weighted by Gasteiger charge is -2.28. The van der Waals surface area contributed by atoms with Crippen LogP contribution in [0.3, 0.4) is 0 Å². The van der Waals surface area contributed by atoms with Crippen LogP contribution in [-0.4, -0.2) is 44.0 Å². The number of carbonyl (C=O) groups excluding carboxylic acids is 1. The first kappa shape index (κ1) is 39.2. The Morgan fingerprint density at radius 2 is 1.28 bits per heavy atom. The van der Waals surface area contributed by atoms with Gasteiger partial charge in [-0.15, -0.1) is 0 Å². The first-order chi connectivity index (χ1) is 22.1. The Labute approximate surface area is 282 Å². The second kappa shape index (κ2) is 19.0. The third-order valence-electron chi connectivity index (χ3n) is 7.45. The van der Waals surface area contributed by atoms with Gasteiger partial charge in [0.2, 0.25) is 0 Å². The molecule has 13 nitrogen and oxygen atoms in total. The maximum absolute atomic E-state index is 11.9. The molecule has 47 heavy (non-hydrogen) atoms. The summed E-state index contributed by atoms with van der Waals surface area (Å²) in [5.74, 6) is -1.14. The van der Waals surface area contributed by atoms with Gasteiger partial charge in [-0.2, -0.15) is 23.7 Å². The van der Waals surface area contributed by atoms with Gasteiger partial charge in [0, 0.05) is 37.1 Å². The molecule has 2 aliphatic rings. The zero-order chi connectivity index (χ0) is 35.1. The first-order valence-electron chi connectivity index (χ1n) is 14.3. The van der Waals surface area contributed by atoms with Crippen molar-refractivity contribution in [1.82, 2.24) is 15.3 Å². The number of hydrogen-bond acceptors (Lipinski definition) is 10. The molecular formula is C28H30Cl3F3N8O5. The van der Waals surface area contributed by atoms with Gasteiger partial charge in [0.1, 0.15) is 33.4 Å². The molecule has 4 rings (SSSR count). The third-order valence-corrected chi connectivity index (χ3v) is 8.17. The van der Waals surface area contributed by atoms with Gasteiger partial charge in [-0.3, -0.25) is 25.0 Å². The zero-order valence-corrected chi connectivity index (χ0v) is 26.9. The molecule has 2 N–H and O–H groups in total. The Morgan fingerprint density at radius 1 is 0.830 bits per heavy atom. The highest BCUT2D eigenvalue weighted by atomic mass is 35.5. The molecular weight excluding hydrogens is 692 g/mol. The fourth-order valence-corrected chi connectivity index (χ4v) is 5.58. The molecule has 2 saturated carbocycles. The standard InChI is InChI=1S/C13H15ClN4O2.C10H13F3N2O.C5H2Cl2N2O2/c14-13-7-11(12(8-16-13)18(19)20)17-10-3-1-9(2-4-10)5-6-15;11-10(12,13)9(16)15-8-3-1-7(2-4-8)5-6-14;6-3-1-5(7)8-2-4(3)9(10)11/h7-10H,1-5H2,(H,16,17);7-8H,1-5H2,(H,15,16);1-2H. The van der Waals surface area contributed by atoms with Crippen LogP contribution in [0.15, 0.2) is 24.5 Å². The summed E-state index contributed by atoms with van der Waals surface area (Å²) in [7, 11) is 0. The predicted octanol–water partition coefficient (Wildman–Crippen LogP) is 7.96. The largest absolute Gasteiger partial charge is 0.471 e. The van der Waals surface area contributed by atoms with E-state index in [4.69, 9.17) is 45.3 Å². The van der Waals surface area contributed by atoms with Crippen LogP contribution in [0.5, 0.6) is 0 Å². The molecule has 0 aliphatic heterocycles. The molecule has 2 aromatic heterocycles. The monoisotopic (exact) mass is 720 g/mol. The van der Waals surface area contributed by atoms with Gasteiger partial charge in [-0.05, 0) is 63.2 Å². The van der Waals surface area contributed by atoms with Crippen LogP contribution < -0.4 is 10.6 Å². The maximum Gasteiger partial charge on any atom is 0.471 e. The van der Waals surface area contributed by atoms with Crippen molar-refractivity contribution in [3.8, 4) is 12.1 Å². The maximum atomic E-state index is 11.9. The quantitative estimate of drug-likeness (QED) is 0.160. The van der Waals surface area contributed by atoms with Gasteiger partial charge >= 0.3 is 23.5 Å². The topological polar surface area (TPSA) is 201 Å². The van der Waals surface area contributed by atoms with E-state index in [9.17, 15) is 38.2 Å². The summed E-state index contributed by atoms with van der Waals surface area (Å²) in [6.07, 6.45) is 4.63. The van der Waals surface area contributed by atoms with E-state index in [2.05, 4.69) is 21.4 Å². The van der Waals surface area contributed by atoms with Gasteiger partial charge in [0.25, 0.3) is 0 Å². The van der Waals surface area contributed by atoms with Crippen molar-refractivity contribution in [2.75, 3.05) is 5.32 Å². The van der Waals surface area contributed by atoms with Gasteiger partial charge in [0.05, 0.1) is 22.0 Å². The minimum Gasteiger partial charge on any atom is -0.377 e. The lowest BCUT2D eigenvalue weighted by molar-refractivity contribution is -0.385. The molecule has 0 spiro atoms. The summed E-state index contributed by atoms with van der Waals surface area (Å²) >= 11 is 16.7. The number of nitrogens with one attached hydrogen (secondary N) is 2. The molecule has 2 fully saturated rings. The van der Waals surface area contributed by atoms with Gasteiger partial charge in [0.15, 0.2) is 0 Å². The number of hydrogen-bond donors (Lipinski definition) is 2. The average molecular weight is 722 g/mol. The smallest absolute Gasteiger partial charge is 0.377 e. The van der Waals surface area contributed by atoms with Gasteiger partial charge in [-0.25, -0.2) is 9.97 Å². The number of rotatable bonds is 7. The molecule has 2 aromatic rings. The molecule has 0 unspecified atom stereocenters. The molecule has 2 aliphatic carbocycles. The minimum absolute atomic E-state index is 0.00463. The van der Waals surface area contributed by atoms with E-state index in [1.54, 1.807) is 0 Å². The lowest BCUT2D eigenvalue weighted by Crippen LogP contribution is -2.44. The van der Waals surface area contributed by atoms with Crippen LogP contribution in [0.2, 0.25) is 15.3 Å². The number of nitro groups is 2. The third kappa shape index (κ3) is 13.7. The summed E-state index contributed by atoms with van der Waals surface area (Å²) in [4.78, 5) is 37.9. The van der Waals surface area contributed by atoms with Crippen molar-refractivity contribution in [2.24, 2.45) is 11.8 Å². The minimum atomic E-state index is -4.80. The average Bonchev–Trinajstić information content (AvgIpc) is 2.99. The summed E-state index contributed by atoms with van der Waals surface area (Å²) in [6, 6.07) is 6.74. The lowest BCUT2D eigenvalue weighted by atomic mass is 9.84. The molecule has 0 bridgehead atoms. The summed E-state index contributed by atoms with van der Waals surface area (Å²) in [5, 5.41) is 43.8. The fourth-order valence-electron chi connectivity index (χ4n) is 4.99. The van der Waals surface area contributed by atoms with E-state index >= 15 is 0 Å². The Bertz CT molecular complexity index is 1470. The van der Waals surface area contributed by atoms with E-state index in [-0.39, 0.29) is 38.7 Å². The van der Waals surface area contributed by atoms with Crippen molar-refractivity contribution < 1.29 is 27.8 Å². The number of alkyl halides is 3. The van der Waals surface area contributed by atoms with Crippen LogP contribution in [-0.2, 0) is 4.79 Å². The van der Waals surface area contributed by atoms with Crippen molar-refractivity contribution in [3.63, 3.8) is 0 Å². The summed E-state index contributed by atoms with van der Waals surface area (Å²) < 4.78 is 35.8. The number of nitrogens with zero attached hydrogens (tertiary/aromatic N) is 6. The number of amides is 1. The van der Waals surface area contributed by atoms with E-state index in [0.29, 0.717) is 50.1 Å². The van der Waals surface area contributed by atoms with Crippen LogP contribution in [0.4, 0.5) is 30.2 Å². The van der Waals surface area contributed by atoms with Crippen LogP contribution in [0, 0.1) is 54.7 Å². The normalized spacial score (nSPS) is 20.4. The van der Waals surface area contributed by atoms with E-state index < -0.39 is 28.0 Å². The second-order valence-electron chi connectivity index (χ2n) is 10.8. The number of nitriles is 2. The van der Waals surface area contributed by atoms with Crippen molar-refractivity contribution in [3.05, 3.63) is 60.1 Å². The van der Waals surface area contributed by atoms with E-state index in [1.165, 1.54) is 18.3 Å². The number of aromatic nitrogens is 2. The SMILES string of the molecule is N#CCC1CCC(NC(=O)C(F)(F)F)CC1.N#CCC1CCC(Nc2cc(Cl)ncc2[N+](=O)[O-])CC1.O=[N+]([O-])c1cnc(Cl)cc1Cl. The number of carbonyl (C=O) groups is 1. The van der Waals surface area contributed by atoms with Crippen LogP contribution >= 0.6 is 34.8 Å². The molecule has 254 valence electrons. The van der Waals surface area contributed by atoms with Gasteiger partial charge in [-0.1, -0.05) is 34.8 Å². The van der Waals surface area contributed by atoms with Crippen LogP contribution in [0.25, 0.3) is 0 Å². The first-order valence-corrected chi connectivity index (χ1v) is 15.4. The highest BCUT2D eigenvalue weighted by Gasteiger charge is 2.40. The number of halogens is 6. The molecule has 1 amide bonds. The molecule has 19 heteroatoms. The summed E-state index contributed by atoms with van der Waals surface area (Å²) in [5.41, 5.74) is 0.114. The molecule has 0 radical (unpaired) electrons. The Morgan fingerprint density at radius 3 is 1.70 bits per heavy atom. The van der Waals surface area contributed by atoms with Crippen molar-refractivity contribution >= 4 is 57.8 Å². The molecule has 0 aromatic carbocycles. The highest BCUT2D eigenvalue weighted by Crippen LogP contribution is 2.32. The molecule has 0 atom stereocenters. The van der Waals surface area contributed by atoms with Crippen molar-refractivity contribution in [1.29, 1.82) is 10.5 Å². The van der Waals surface area contributed by atoms with E-state index in [0.717, 1.165) is 31.9 Å². The molecule has 0 saturated heterocycles. The molecule has 2 heterocycles. The predicted molar refractivity (Wildman–Crippen MR) is 167 cm³/mol. The summed E-state index contributed by atoms with van der Waals surface area (Å²) in [6.45, 7) is 0. The second-order valence-corrected chi connectivity index (χ2v) is 12.0. The Kier molecular flexibility index (Phi) is 15.8. The number of pyridine rings is 2. The van der Waals surface area contributed by atoms with Gasteiger partial charge < -0.3 is 10.6 Å².